The minimum Gasteiger partial charge on any atom is -0.355 e. The highest BCUT2D eigenvalue weighted by Crippen LogP contribution is 2.27. The van der Waals surface area contributed by atoms with Crippen molar-refractivity contribution in [3.8, 4) is 22.5 Å². The zero-order valence-corrected chi connectivity index (χ0v) is 13.3. The Hall–Kier alpha value is -3.26. The van der Waals surface area contributed by atoms with Crippen molar-refractivity contribution in [2.24, 2.45) is 0 Å². The van der Waals surface area contributed by atoms with Gasteiger partial charge in [-0.2, -0.15) is 0 Å². The summed E-state index contributed by atoms with van der Waals surface area (Å²) in [7, 11) is 0. The summed E-state index contributed by atoms with van der Waals surface area (Å²) in [6, 6.07) is 29.0. The highest BCUT2D eigenvalue weighted by atomic mass is 14.8. The molecule has 0 aliphatic rings. The van der Waals surface area contributed by atoms with E-state index in [-0.39, 0.29) is 0 Å². The highest BCUT2D eigenvalue weighted by molar-refractivity contribution is 5.78. The molecule has 0 radical (unpaired) electrons. The average molecular weight is 310 g/mol. The van der Waals surface area contributed by atoms with Gasteiger partial charge in [-0.05, 0) is 35.4 Å². The molecule has 0 aliphatic heterocycles. The molecule has 116 valence electrons. The fraction of sp³-hybridized carbons (Fsp3) is 0. The average Bonchev–Trinajstić information content (AvgIpc) is 3.33. The van der Waals surface area contributed by atoms with Gasteiger partial charge < -0.3 is 9.97 Å². The lowest BCUT2D eigenvalue weighted by Crippen LogP contribution is -1.87. The standard InChI is InChI=1S/C22H18N2/c1-16(19-12-14-21(23-19)17-8-4-2-5-9-17)20-13-15-22(24-20)18-10-6-3-7-11-18/h2-15,23-24H,1H2. The van der Waals surface area contributed by atoms with E-state index in [0.29, 0.717) is 0 Å². The second-order valence-corrected chi connectivity index (χ2v) is 5.78. The first-order chi connectivity index (χ1) is 11.8. The molecule has 0 saturated carbocycles. The van der Waals surface area contributed by atoms with Gasteiger partial charge in [0, 0.05) is 28.3 Å². The van der Waals surface area contributed by atoms with Crippen LogP contribution in [0.15, 0.2) is 91.5 Å². The van der Waals surface area contributed by atoms with Crippen molar-refractivity contribution in [2.45, 2.75) is 0 Å². The van der Waals surface area contributed by atoms with Gasteiger partial charge in [-0.25, -0.2) is 0 Å². The molecule has 0 aliphatic carbocycles. The van der Waals surface area contributed by atoms with Gasteiger partial charge in [0.15, 0.2) is 0 Å². The summed E-state index contributed by atoms with van der Waals surface area (Å²) >= 11 is 0. The molecule has 0 amide bonds. The van der Waals surface area contributed by atoms with Gasteiger partial charge in [-0.3, -0.25) is 0 Å². The van der Waals surface area contributed by atoms with E-state index >= 15 is 0 Å². The lowest BCUT2D eigenvalue weighted by Gasteiger charge is -2.02. The molecular formula is C22H18N2. The van der Waals surface area contributed by atoms with Crippen LogP contribution in [0.1, 0.15) is 11.4 Å². The second-order valence-electron chi connectivity index (χ2n) is 5.78. The molecule has 0 atom stereocenters. The largest absolute Gasteiger partial charge is 0.355 e. The summed E-state index contributed by atoms with van der Waals surface area (Å²) in [5.74, 6) is 0. The van der Waals surface area contributed by atoms with E-state index < -0.39 is 0 Å². The molecule has 2 heterocycles. The molecular weight excluding hydrogens is 292 g/mol. The number of hydrogen-bond acceptors (Lipinski definition) is 0. The van der Waals surface area contributed by atoms with Gasteiger partial charge in [-0.1, -0.05) is 67.2 Å². The molecule has 2 nitrogen and oxygen atoms in total. The molecule has 24 heavy (non-hydrogen) atoms. The maximum Gasteiger partial charge on any atom is 0.0473 e. The SMILES string of the molecule is C=C(c1ccc(-c2ccccc2)[nH]1)c1ccc(-c2ccccc2)[nH]1. The minimum atomic E-state index is 0.958. The fourth-order valence-corrected chi connectivity index (χ4v) is 2.86. The van der Waals surface area contributed by atoms with Crippen LogP contribution in [-0.4, -0.2) is 9.97 Å². The van der Waals surface area contributed by atoms with E-state index in [2.05, 4.69) is 65.1 Å². The molecule has 0 fully saturated rings. The minimum absolute atomic E-state index is 0.958. The van der Waals surface area contributed by atoms with Gasteiger partial charge in [0.1, 0.15) is 0 Å². The van der Waals surface area contributed by atoms with Gasteiger partial charge in [0.2, 0.25) is 0 Å². The summed E-state index contributed by atoms with van der Waals surface area (Å²) in [6.07, 6.45) is 0. The smallest absolute Gasteiger partial charge is 0.0473 e. The van der Waals surface area contributed by atoms with Gasteiger partial charge in [-0.15, -0.1) is 0 Å². The molecule has 4 rings (SSSR count). The van der Waals surface area contributed by atoms with E-state index in [1.807, 2.05) is 36.4 Å². The molecule has 2 aromatic heterocycles. The summed E-state index contributed by atoms with van der Waals surface area (Å²) in [4.78, 5) is 6.91. The van der Waals surface area contributed by atoms with Gasteiger partial charge >= 0.3 is 0 Å². The molecule has 0 bridgehead atoms. The topological polar surface area (TPSA) is 31.6 Å². The molecule has 2 aromatic carbocycles. The Morgan fingerprint density at radius 2 is 0.958 bits per heavy atom. The number of H-pyrrole nitrogens is 2. The van der Waals surface area contributed by atoms with Crippen LogP contribution in [0.5, 0.6) is 0 Å². The van der Waals surface area contributed by atoms with Crippen molar-refractivity contribution >= 4 is 5.57 Å². The number of benzene rings is 2. The van der Waals surface area contributed by atoms with Crippen molar-refractivity contribution in [2.75, 3.05) is 0 Å². The lowest BCUT2D eigenvalue weighted by atomic mass is 10.1. The maximum atomic E-state index is 4.25. The van der Waals surface area contributed by atoms with Crippen molar-refractivity contribution in [1.29, 1.82) is 0 Å². The molecule has 0 saturated heterocycles. The number of aromatic nitrogens is 2. The molecule has 0 spiro atoms. The Morgan fingerprint density at radius 3 is 1.38 bits per heavy atom. The zero-order chi connectivity index (χ0) is 16.4. The van der Waals surface area contributed by atoms with Crippen LogP contribution in [0.3, 0.4) is 0 Å². The summed E-state index contributed by atoms with van der Waals surface area (Å²) in [5.41, 5.74) is 7.55. The van der Waals surface area contributed by atoms with E-state index in [0.717, 1.165) is 28.3 Å². The van der Waals surface area contributed by atoms with Crippen molar-refractivity contribution in [3.63, 3.8) is 0 Å². The summed E-state index contributed by atoms with van der Waals surface area (Å²) < 4.78 is 0. The normalized spacial score (nSPS) is 10.7. The van der Waals surface area contributed by atoms with Crippen LogP contribution in [0.2, 0.25) is 0 Å². The van der Waals surface area contributed by atoms with Gasteiger partial charge in [0.05, 0.1) is 0 Å². The summed E-state index contributed by atoms with van der Waals surface area (Å²) in [5, 5.41) is 0. The van der Waals surface area contributed by atoms with Gasteiger partial charge in [0.25, 0.3) is 0 Å². The van der Waals surface area contributed by atoms with Crippen molar-refractivity contribution < 1.29 is 0 Å². The number of rotatable bonds is 4. The third-order valence-corrected chi connectivity index (χ3v) is 4.19. The first-order valence-electron chi connectivity index (χ1n) is 8.00. The Kier molecular flexibility index (Phi) is 3.64. The second kappa shape index (κ2) is 6.09. The molecule has 4 aromatic rings. The third-order valence-electron chi connectivity index (χ3n) is 4.19. The maximum absolute atomic E-state index is 4.25. The summed E-state index contributed by atoms with van der Waals surface area (Å²) in [6.45, 7) is 4.25. The Bertz CT molecular complexity index is 880. The zero-order valence-electron chi connectivity index (χ0n) is 13.3. The number of nitrogens with one attached hydrogen (secondary N) is 2. The molecule has 2 heteroatoms. The third kappa shape index (κ3) is 2.70. The Morgan fingerprint density at radius 1 is 0.542 bits per heavy atom. The van der Waals surface area contributed by atoms with Crippen LogP contribution in [0, 0.1) is 0 Å². The highest BCUT2D eigenvalue weighted by Gasteiger charge is 2.09. The first kappa shape index (κ1) is 14.3. The Labute approximate surface area is 141 Å². The van der Waals surface area contributed by atoms with E-state index in [1.165, 1.54) is 11.1 Å². The fourth-order valence-electron chi connectivity index (χ4n) is 2.86. The number of hydrogen-bond donors (Lipinski definition) is 2. The molecule has 2 N–H and O–H groups in total. The van der Waals surface area contributed by atoms with Crippen LogP contribution < -0.4 is 0 Å². The predicted molar refractivity (Wildman–Crippen MR) is 101 cm³/mol. The van der Waals surface area contributed by atoms with Crippen LogP contribution in [-0.2, 0) is 0 Å². The number of aromatic amines is 2. The Balaban J connectivity index is 1.61. The first-order valence-corrected chi connectivity index (χ1v) is 8.00. The monoisotopic (exact) mass is 310 g/mol. The molecule has 0 unspecified atom stereocenters. The quantitative estimate of drug-likeness (QED) is 0.482. The van der Waals surface area contributed by atoms with E-state index in [4.69, 9.17) is 0 Å². The van der Waals surface area contributed by atoms with Crippen LogP contribution in [0.4, 0.5) is 0 Å². The van der Waals surface area contributed by atoms with Crippen LogP contribution in [0.25, 0.3) is 28.1 Å². The van der Waals surface area contributed by atoms with E-state index in [9.17, 15) is 0 Å². The predicted octanol–water partition coefficient (Wildman–Crippen LogP) is 5.74. The van der Waals surface area contributed by atoms with Crippen LogP contribution >= 0.6 is 0 Å². The van der Waals surface area contributed by atoms with Crippen molar-refractivity contribution in [3.05, 3.63) is 103 Å². The van der Waals surface area contributed by atoms with E-state index in [1.54, 1.807) is 0 Å². The van der Waals surface area contributed by atoms with Crippen molar-refractivity contribution in [1.82, 2.24) is 9.97 Å². The lowest BCUT2D eigenvalue weighted by molar-refractivity contribution is 1.30.